The number of nitrogens with one attached hydrogen (secondary N) is 1. The number of para-hydroxylation sites is 1. The van der Waals surface area contributed by atoms with Crippen molar-refractivity contribution >= 4 is 22.6 Å². The zero-order valence-electron chi connectivity index (χ0n) is 18.0. The average Bonchev–Trinajstić information content (AvgIpc) is 3.15. The Morgan fingerprint density at radius 1 is 1.17 bits per heavy atom. The summed E-state index contributed by atoms with van der Waals surface area (Å²) in [6.45, 7) is 9.81. The lowest BCUT2D eigenvalue weighted by atomic mass is 10.0. The van der Waals surface area contributed by atoms with Crippen molar-refractivity contribution in [1.82, 2.24) is 20.1 Å². The number of rotatable bonds is 8. The van der Waals surface area contributed by atoms with E-state index in [1.165, 1.54) is 5.69 Å². The normalized spacial score (nSPS) is 11.4. The quantitative estimate of drug-likeness (QED) is 0.577. The molecular formula is C23H31N5O. The fourth-order valence-corrected chi connectivity index (χ4v) is 3.32. The van der Waals surface area contributed by atoms with Gasteiger partial charge in [-0.3, -0.25) is 4.79 Å². The standard InChI is InChI=1S/C23H31N5O/c1-16(2)21-14-19(20-15-25-28(17(3)4)22(20)26-21)23(29)24-12-9-13-27(5)18-10-7-6-8-11-18/h6-8,10-11,14-17H,9,12-13H2,1-5H3,(H,24,29). The Bertz CT molecular complexity index is 962. The van der Waals surface area contributed by atoms with Gasteiger partial charge in [0.1, 0.15) is 0 Å². The van der Waals surface area contributed by atoms with Gasteiger partial charge in [-0.15, -0.1) is 0 Å². The maximum Gasteiger partial charge on any atom is 0.252 e. The molecule has 0 spiro atoms. The first-order valence-corrected chi connectivity index (χ1v) is 10.3. The molecule has 0 fully saturated rings. The van der Waals surface area contributed by atoms with Gasteiger partial charge in [-0.1, -0.05) is 32.0 Å². The molecule has 6 nitrogen and oxygen atoms in total. The van der Waals surface area contributed by atoms with Crippen LogP contribution in [-0.4, -0.2) is 40.8 Å². The minimum absolute atomic E-state index is 0.0648. The maximum absolute atomic E-state index is 12.9. The van der Waals surface area contributed by atoms with Gasteiger partial charge < -0.3 is 10.2 Å². The van der Waals surface area contributed by atoms with Gasteiger partial charge in [0.25, 0.3) is 5.91 Å². The van der Waals surface area contributed by atoms with Crippen LogP contribution in [0, 0.1) is 0 Å². The van der Waals surface area contributed by atoms with E-state index in [1.54, 1.807) is 6.20 Å². The highest BCUT2D eigenvalue weighted by molar-refractivity contribution is 6.05. The maximum atomic E-state index is 12.9. The third-order valence-electron chi connectivity index (χ3n) is 5.06. The van der Waals surface area contributed by atoms with E-state index in [0.29, 0.717) is 12.1 Å². The largest absolute Gasteiger partial charge is 0.375 e. The number of pyridine rings is 1. The number of carbonyl (C=O) groups is 1. The molecule has 0 unspecified atom stereocenters. The van der Waals surface area contributed by atoms with Gasteiger partial charge in [0, 0.05) is 37.6 Å². The minimum atomic E-state index is -0.0648. The molecule has 1 amide bonds. The number of carbonyl (C=O) groups excluding carboxylic acids is 1. The summed E-state index contributed by atoms with van der Waals surface area (Å²) in [5.74, 6) is 0.172. The van der Waals surface area contributed by atoms with Crippen LogP contribution >= 0.6 is 0 Å². The molecule has 3 aromatic rings. The van der Waals surface area contributed by atoms with Gasteiger partial charge in [0.15, 0.2) is 5.65 Å². The van der Waals surface area contributed by atoms with Gasteiger partial charge in [-0.25, -0.2) is 9.67 Å². The lowest BCUT2D eigenvalue weighted by Gasteiger charge is -2.19. The summed E-state index contributed by atoms with van der Waals surface area (Å²) in [6.07, 6.45) is 2.62. The number of amides is 1. The molecule has 1 N–H and O–H groups in total. The van der Waals surface area contributed by atoms with Crippen molar-refractivity contribution in [1.29, 1.82) is 0 Å². The van der Waals surface area contributed by atoms with E-state index >= 15 is 0 Å². The summed E-state index contributed by atoms with van der Waals surface area (Å²) in [5, 5.41) is 8.34. The molecule has 6 heteroatoms. The number of anilines is 1. The van der Waals surface area contributed by atoms with Crippen LogP contribution in [0.15, 0.2) is 42.6 Å². The number of benzene rings is 1. The first-order valence-electron chi connectivity index (χ1n) is 10.3. The Morgan fingerprint density at radius 2 is 1.90 bits per heavy atom. The number of fused-ring (bicyclic) bond motifs is 1. The number of hydrogen-bond donors (Lipinski definition) is 1. The second kappa shape index (κ2) is 9.07. The Balaban J connectivity index is 1.70. The fourth-order valence-electron chi connectivity index (χ4n) is 3.32. The summed E-state index contributed by atoms with van der Waals surface area (Å²) < 4.78 is 1.88. The van der Waals surface area contributed by atoms with Crippen molar-refractivity contribution in [2.75, 3.05) is 25.0 Å². The highest BCUT2D eigenvalue weighted by Gasteiger charge is 2.18. The first-order chi connectivity index (χ1) is 13.9. The van der Waals surface area contributed by atoms with E-state index in [9.17, 15) is 4.79 Å². The lowest BCUT2D eigenvalue weighted by Crippen LogP contribution is -2.28. The predicted molar refractivity (Wildman–Crippen MR) is 119 cm³/mol. The third-order valence-corrected chi connectivity index (χ3v) is 5.06. The highest BCUT2D eigenvalue weighted by Crippen LogP contribution is 2.24. The van der Waals surface area contributed by atoms with Gasteiger partial charge in [0.2, 0.25) is 0 Å². The monoisotopic (exact) mass is 393 g/mol. The zero-order chi connectivity index (χ0) is 21.0. The van der Waals surface area contributed by atoms with Crippen molar-refractivity contribution < 1.29 is 4.79 Å². The van der Waals surface area contributed by atoms with Crippen molar-refractivity contribution in [3.05, 3.63) is 53.9 Å². The van der Waals surface area contributed by atoms with E-state index in [1.807, 2.05) is 28.9 Å². The van der Waals surface area contributed by atoms with Crippen molar-refractivity contribution in [2.24, 2.45) is 0 Å². The molecule has 154 valence electrons. The lowest BCUT2D eigenvalue weighted by molar-refractivity contribution is 0.0955. The zero-order valence-corrected chi connectivity index (χ0v) is 18.0. The molecule has 2 heterocycles. The third kappa shape index (κ3) is 4.75. The molecule has 29 heavy (non-hydrogen) atoms. The first kappa shape index (κ1) is 20.8. The van der Waals surface area contributed by atoms with E-state index in [0.717, 1.165) is 29.7 Å². The van der Waals surface area contributed by atoms with Gasteiger partial charge in [0.05, 0.1) is 17.1 Å². The number of nitrogens with zero attached hydrogens (tertiary/aromatic N) is 4. The van der Waals surface area contributed by atoms with E-state index in [4.69, 9.17) is 4.98 Å². The summed E-state index contributed by atoms with van der Waals surface area (Å²) in [7, 11) is 2.07. The molecule has 0 aliphatic carbocycles. The Morgan fingerprint density at radius 3 is 2.55 bits per heavy atom. The van der Waals surface area contributed by atoms with Crippen LogP contribution in [-0.2, 0) is 0 Å². The predicted octanol–water partition coefficient (Wildman–Crippen LogP) is 4.39. The molecule has 3 rings (SSSR count). The molecule has 1 aromatic carbocycles. The van der Waals surface area contributed by atoms with Crippen LogP contribution in [0.1, 0.15) is 62.1 Å². The Labute approximate surface area is 172 Å². The van der Waals surface area contributed by atoms with Gasteiger partial charge in [-0.05, 0) is 44.4 Å². The van der Waals surface area contributed by atoms with Crippen molar-refractivity contribution in [3.63, 3.8) is 0 Å². The van der Waals surface area contributed by atoms with Crippen molar-refractivity contribution in [3.8, 4) is 0 Å². The van der Waals surface area contributed by atoms with Gasteiger partial charge in [-0.2, -0.15) is 5.10 Å². The van der Waals surface area contributed by atoms with E-state index < -0.39 is 0 Å². The molecule has 0 radical (unpaired) electrons. The van der Waals surface area contributed by atoms with Crippen molar-refractivity contribution in [2.45, 2.75) is 46.1 Å². The second-order valence-corrected chi connectivity index (χ2v) is 8.04. The number of hydrogen-bond acceptors (Lipinski definition) is 4. The Kier molecular flexibility index (Phi) is 6.52. The van der Waals surface area contributed by atoms with Gasteiger partial charge >= 0.3 is 0 Å². The summed E-state index contributed by atoms with van der Waals surface area (Å²) >= 11 is 0. The SMILES string of the molecule is CC(C)c1cc(C(=O)NCCCN(C)c2ccccc2)c2cnn(C(C)C)c2n1. The van der Waals surface area contributed by atoms with Crippen LogP contribution in [0.3, 0.4) is 0 Å². The minimum Gasteiger partial charge on any atom is -0.375 e. The van der Waals surface area contributed by atoms with Crippen LogP contribution < -0.4 is 10.2 Å². The van der Waals surface area contributed by atoms with Crippen LogP contribution in [0.5, 0.6) is 0 Å². The molecule has 0 saturated carbocycles. The second-order valence-electron chi connectivity index (χ2n) is 8.04. The molecule has 2 aromatic heterocycles. The topological polar surface area (TPSA) is 63.1 Å². The smallest absolute Gasteiger partial charge is 0.252 e. The molecular weight excluding hydrogens is 362 g/mol. The summed E-state index contributed by atoms with van der Waals surface area (Å²) in [6, 6.07) is 12.4. The highest BCUT2D eigenvalue weighted by atomic mass is 16.1. The molecule has 0 atom stereocenters. The van der Waals surface area contributed by atoms with E-state index in [2.05, 4.69) is 62.2 Å². The summed E-state index contributed by atoms with van der Waals surface area (Å²) in [5.41, 5.74) is 3.52. The summed E-state index contributed by atoms with van der Waals surface area (Å²) in [4.78, 5) is 19.9. The fraction of sp³-hybridized carbons (Fsp3) is 0.435. The van der Waals surface area contributed by atoms with Crippen LogP contribution in [0.25, 0.3) is 11.0 Å². The van der Waals surface area contributed by atoms with Crippen LogP contribution in [0.4, 0.5) is 5.69 Å². The molecule has 0 aliphatic heterocycles. The average molecular weight is 394 g/mol. The number of aromatic nitrogens is 3. The molecule has 0 saturated heterocycles. The molecule has 0 bridgehead atoms. The van der Waals surface area contributed by atoms with E-state index in [-0.39, 0.29) is 17.9 Å². The Hall–Kier alpha value is -2.89. The van der Waals surface area contributed by atoms with Crippen LogP contribution in [0.2, 0.25) is 0 Å². The molecule has 0 aliphatic rings.